The summed E-state index contributed by atoms with van der Waals surface area (Å²) in [6, 6.07) is 5.93. The zero-order chi connectivity index (χ0) is 14.6. The summed E-state index contributed by atoms with van der Waals surface area (Å²) in [5, 5.41) is 23.0. The standard InChI is InChI=1S/C13H16N2O5/c16-12(17)13(5-7-20-8-6-13)9-14-10-1-3-11(4-2-10)15(18)19/h1-4,14H,5-9H2,(H,16,17). The first kappa shape index (κ1) is 14.3. The fourth-order valence-corrected chi connectivity index (χ4v) is 2.20. The van der Waals surface area contributed by atoms with Gasteiger partial charge in [0.05, 0.1) is 10.3 Å². The molecule has 0 unspecified atom stereocenters. The van der Waals surface area contributed by atoms with Crippen LogP contribution >= 0.6 is 0 Å². The number of rotatable bonds is 5. The topological polar surface area (TPSA) is 102 Å². The highest BCUT2D eigenvalue weighted by molar-refractivity contribution is 5.75. The SMILES string of the molecule is O=C(O)C1(CNc2ccc([N+](=O)[O-])cc2)CCOCC1. The van der Waals surface area contributed by atoms with Crippen molar-refractivity contribution in [2.45, 2.75) is 12.8 Å². The number of non-ortho nitro benzene ring substituents is 1. The molecule has 0 bridgehead atoms. The molecule has 20 heavy (non-hydrogen) atoms. The van der Waals surface area contributed by atoms with Crippen LogP contribution in [0.5, 0.6) is 0 Å². The first-order valence-electron chi connectivity index (χ1n) is 6.33. The number of nitro benzene ring substituents is 1. The van der Waals surface area contributed by atoms with Gasteiger partial charge in [0.15, 0.2) is 0 Å². The van der Waals surface area contributed by atoms with E-state index in [9.17, 15) is 20.0 Å². The molecule has 1 aromatic carbocycles. The van der Waals surface area contributed by atoms with Crippen LogP contribution in [-0.2, 0) is 9.53 Å². The number of carbonyl (C=O) groups is 1. The van der Waals surface area contributed by atoms with Crippen molar-refractivity contribution in [3.63, 3.8) is 0 Å². The molecule has 0 spiro atoms. The Morgan fingerprint density at radius 1 is 1.35 bits per heavy atom. The van der Waals surface area contributed by atoms with Crippen molar-refractivity contribution in [3.8, 4) is 0 Å². The zero-order valence-electron chi connectivity index (χ0n) is 10.9. The van der Waals surface area contributed by atoms with Gasteiger partial charge in [-0.1, -0.05) is 0 Å². The fourth-order valence-electron chi connectivity index (χ4n) is 2.20. The molecular formula is C13H16N2O5. The molecule has 7 nitrogen and oxygen atoms in total. The Morgan fingerprint density at radius 2 is 1.95 bits per heavy atom. The number of hydrogen-bond donors (Lipinski definition) is 2. The second-order valence-electron chi connectivity index (χ2n) is 4.86. The van der Waals surface area contributed by atoms with E-state index in [-0.39, 0.29) is 12.2 Å². The Kier molecular flexibility index (Phi) is 4.19. The van der Waals surface area contributed by atoms with E-state index in [1.54, 1.807) is 12.1 Å². The first-order chi connectivity index (χ1) is 9.53. The number of ether oxygens (including phenoxy) is 1. The van der Waals surface area contributed by atoms with Crippen LogP contribution in [0.4, 0.5) is 11.4 Å². The molecule has 0 radical (unpaired) electrons. The first-order valence-corrected chi connectivity index (χ1v) is 6.33. The summed E-state index contributed by atoms with van der Waals surface area (Å²) < 4.78 is 5.20. The van der Waals surface area contributed by atoms with E-state index in [0.717, 1.165) is 0 Å². The summed E-state index contributed by atoms with van der Waals surface area (Å²) >= 11 is 0. The van der Waals surface area contributed by atoms with Crippen LogP contribution in [0.1, 0.15) is 12.8 Å². The number of carboxylic acid groups (broad SMARTS) is 1. The minimum absolute atomic E-state index is 0.00886. The maximum Gasteiger partial charge on any atom is 0.311 e. The van der Waals surface area contributed by atoms with Gasteiger partial charge in [-0.3, -0.25) is 14.9 Å². The summed E-state index contributed by atoms with van der Waals surface area (Å²) in [5.74, 6) is -0.838. The van der Waals surface area contributed by atoms with Gasteiger partial charge < -0.3 is 15.2 Å². The van der Waals surface area contributed by atoms with Crippen molar-refractivity contribution in [1.29, 1.82) is 0 Å². The van der Waals surface area contributed by atoms with Gasteiger partial charge >= 0.3 is 5.97 Å². The van der Waals surface area contributed by atoms with Crippen LogP contribution in [0.2, 0.25) is 0 Å². The number of nitro groups is 1. The number of carboxylic acids is 1. The average molecular weight is 280 g/mol. The van der Waals surface area contributed by atoms with E-state index in [4.69, 9.17) is 4.74 Å². The number of anilines is 1. The maximum absolute atomic E-state index is 11.5. The zero-order valence-corrected chi connectivity index (χ0v) is 10.9. The lowest BCUT2D eigenvalue weighted by Crippen LogP contribution is -2.42. The van der Waals surface area contributed by atoms with Crippen molar-refractivity contribution < 1.29 is 19.6 Å². The minimum Gasteiger partial charge on any atom is -0.481 e. The molecule has 2 rings (SSSR count). The predicted octanol–water partition coefficient (Wildman–Crippen LogP) is 1.89. The highest BCUT2D eigenvalue weighted by Gasteiger charge is 2.40. The van der Waals surface area contributed by atoms with Crippen molar-refractivity contribution >= 4 is 17.3 Å². The van der Waals surface area contributed by atoms with E-state index in [1.165, 1.54) is 12.1 Å². The summed E-state index contributed by atoms with van der Waals surface area (Å²) in [6.45, 7) is 1.16. The lowest BCUT2D eigenvalue weighted by molar-refractivity contribution is -0.384. The molecule has 0 amide bonds. The van der Waals surface area contributed by atoms with Gasteiger partial charge in [-0.2, -0.15) is 0 Å². The van der Waals surface area contributed by atoms with Crippen molar-refractivity contribution in [3.05, 3.63) is 34.4 Å². The second-order valence-corrected chi connectivity index (χ2v) is 4.86. The van der Waals surface area contributed by atoms with Crippen LogP contribution in [-0.4, -0.2) is 35.8 Å². The molecule has 2 N–H and O–H groups in total. The van der Waals surface area contributed by atoms with Gasteiger partial charge in [0.2, 0.25) is 0 Å². The van der Waals surface area contributed by atoms with Crippen LogP contribution in [0, 0.1) is 15.5 Å². The van der Waals surface area contributed by atoms with E-state index in [1.807, 2.05) is 0 Å². The summed E-state index contributed by atoms with van der Waals surface area (Å²) in [6.07, 6.45) is 0.921. The van der Waals surface area contributed by atoms with Gasteiger partial charge in [-0.25, -0.2) is 0 Å². The third-order valence-corrected chi connectivity index (χ3v) is 3.61. The molecule has 0 aliphatic carbocycles. The Hall–Kier alpha value is -2.15. The van der Waals surface area contributed by atoms with E-state index < -0.39 is 16.3 Å². The number of aliphatic carboxylic acids is 1. The molecule has 1 saturated heterocycles. The highest BCUT2D eigenvalue weighted by atomic mass is 16.6. The molecule has 1 fully saturated rings. The maximum atomic E-state index is 11.5. The van der Waals surface area contributed by atoms with Crippen molar-refractivity contribution in [1.82, 2.24) is 0 Å². The van der Waals surface area contributed by atoms with Crippen LogP contribution in [0.25, 0.3) is 0 Å². The second kappa shape index (κ2) is 5.87. The normalized spacial score (nSPS) is 17.4. The largest absolute Gasteiger partial charge is 0.481 e. The molecule has 108 valence electrons. The summed E-state index contributed by atoms with van der Waals surface area (Å²) in [7, 11) is 0. The summed E-state index contributed by atoms with van der Waals surface area (Å²) in [4.78, 5) is 21.5. The van der Waals surface area contributed by atoms with Crippen LogP contribution < -0.4 is 5.32 Å². The molecule has 0 aromatic heterocycles. The molecule has 1 heterocycles. The molecule has 1 aliphatic heterocycles. The Morgan fingerprint density at radius 3 is 2.45 bits per heavy atom. The number of nitrogens with zero attached hydrogens (tertiary/aromatic N) is 1. The lowest BCUT2D eigenvalue weighted by Gasteiger charge is -2.33. The average Bonchev–Trinajstić information content (AvgIpc) is 2.46. The highest BCUT2D eigenvalue weighted by Crippen LogP contribution is 2.31. The Labute approximate surface area is 115 Å². The van der Waals surface area contributed by atoms with E-state index in [0.29, 0.717) is 31.7 Å². The molecule has 1 aliphatic rings. The molecule has 0 saturated carbocycles. The minimum atomic E-state index is -0.838. The third-order valence-electron chi connectivity index (χ3n) is 3.61. The van der Waals surface area contributed by atoms with Gasteiger partial charge in [-0.05, 0) is 25.0 Å². The predicted molar refractivity (Wildman–Crippen MR) is 71.7 cm³/mol. The Balaban J connectivity index is 2.02. The molecule has 0 atom stereocenters. The monoisotopic (exact) mass is 280 g/mol. The van der Waals surface area contributed by atoms with Gasteiger partial charge in [0.25, 0.3) is 5.69 Å². The molecule has 1 aromatic rings. The van der Waals surface area contributed by atoms with Crippen LogP contribution in [0.15, 0.2) is 24.3 Å². The third kappa shape index (κ3) is 3.05. The number of nitrogens with one attached hydrogen (secondary N) is 1. The van der Waals surface area contributed by atoms with E-state index in [2.05, 4.69) is 5.32 Å². The van der Waals surface area contributed by atoms with Crippen molar-refractivity contribution in [2.75, 3.05) is 25.1 Å². The quantitative estimate of drug-likeness (QED) is 0.630. The lowest BCUT2D eigenvalue weighted by atomic mass is 9.80. The molecular weight excluding hydrogens is 264 g/mol. The van der Waals surface area contributed by atoms with Gasteiger partial charge in [-0.15, -0.1) is 0 Å². The summed E-state index contributed by atoms with van der Waals surface area (Å²) in [5.41, 5.74) is -0.155. The van der Waals surface area contributed by atoms with Gasteiger partial charge in [0, 0.05) is 37.6 Å². The number of hydrogen-bond acceptors (Lipinski definition) is 5. The van der Waals surface area contributed by atoms with Crippen LogP contribution in [0.3, 0.4) is 0 Å². The smallest absolute Gasteiger partial charge is 0.311 e. The van der Waals surface area contributed by atoms with Gasteiger partial charge in [0.1, 0.15) is 0 Å². The Bertz CT molecular complexity index is 494. The van der Waals surface area contributed by atoms with E-state index >= 15 is 0 Å². The fraction of sp³-hybridized carbons (Fsp3) is 0.462. The molecule has 7 heteroatoms. The van der Waals surface area contributed by atoms with Crippen molar-refractivity contribution in [2.24, 2.45) is 5.41 Å². The number of benzene rings is 1.